The predicted octanol–water partition coefficient (Wildman–Crippen LogP) is -12.1. The number of ether oxygens (including phenoxy) is 8. The molecule has 4 aliphatic rings. The molecule has 17 N–H and O–H groups in total. The first-order valence-corrected chi connectivity index (χ1v) is 17.4. The minimum Gasteiger partial charge on any atom is -0.394 e. The van der Waals surface area contributed by atoms with E-state index in [0.717, 1.165) is 0 Å². The molecule has 4 aliphatic heterocycles. The summed E-state index contributed by atoms with van der Waals surface area (Å²) < 4.78 is 43.6. The van der Waals surface area contributed by atoms with Crippen LogP contribution in [0.3, 0.4) is 0 Å². The summed E-state index contributed by atoms with van der Waals surface area (Å²) in [6.45, 7) is -4.84. The lowest BCUT2D eigenvalue weighted by Gasteiger charge is -2.49. The lowest BCUT2D eigenvalue weighted by molar-refractivity contribution is -0.390. The smallest absolute Gasteiger partial charge is 0.187 e. The third-order valence-corrected chi connectivity index (χ3v) is 9.87. The molecule has 26 nitrogen and oxygen atoms in total. The van der Waals surface area contributed by atoms with Gasteiger partial charge >= 0.3 is 0 Å². The number of aliphatic hydroxyl groups is 17. The predicted molar refractivity (Wildman–Crippen MR) is 168 cm³/mol. The van der Waals surface area contributed by atoms with Crippen LogP contribution in [0.2, 0.25) is 0 Å². The Bertz CT molecular complexity index is 1180. The third-order valence-electron chi connectivity index (χ3n) is 9.87. The Labute approximate surface area is 316 Å². The standard InChI is InChI=1S/C30H52O26/c31-1-7(37)13(39)23(8(38)2-32)53-28-20(46)16(42)25(10(4-34)50-28)55-30-22(48)18(44)26(12(6-36)52-30)56-29-21(47)17(43)24(11(5-35)51-29)54-27-19(45)15(41)14(40)9(3-33)49-27/h1,7-30,32-48H,2-6H2/t7-,8+,9+,10+,11+,12+,13+,14+,15-,16+,17+,18+,19+,20+,21+,22+,23?,24+,25+,26+,27+,28+,29+,30+/m0/s1. The molecule has 0 amide bonds. The van der Waals surface area contributed by atoms with Crippen LogP contribution in [-0.4, -0.2) is 273 Å². The summed E-state index contributed by atoms with van der Waals surface area (Å²) in [6, 6.07) is 0. The van der Waals surface area contributed by atoms with E-state index in [4.69, 9.17) is 37.9 Å². The molecular formula is C30H52O26. The van der Waals surface area contributed by atoms with Crippen LogP contribution in [0.4, 0.5) is 0 Å². The Balaban J connectivity index is 1.43. The molecule has 328 valence electrons. The summed E-state index contributed by atoms with van der Waals surface area (Å²) in [5.41, 5.74) is 0. The number of rotatable bonds is 17. The monoisotopic (exact) mass is 828 g/mol. The fraction of sp³-hybridized carbons (Fsp3) is 0.967. The highest BCUT2D eigenvalue weighted by molar-refractivity contribution is 5.56. The average molecular weight is 829 g/mol. The second-order valence-electron chi connectivity index (χ2n) is 13.6. The fourth-order valence-corrected chi connectivity index (χ4v) is 6.58. The van der Waals surface area contributed by atoms with E-state index in [2.05, 4.69) is 0 Å². The summed E-state index contributed by atoms with van der Waals surface area (Å²) in [6.07, 6.45) is -46.1. The van der Waals surface area contributed by atoms with Crippen molar-refractivity contribution in [3.63, 3.8) is 0 Å². The molecule has 0 aromatic carbocycles. The fourth-order valence-electron chi connectivity index (χ4n) is 6.58. The zero-order chi connectivity index (χ0) is 41.8. The van der Waals surface area contributed by atoms with Gasteiger partial charge in [0.25, 0.3) is 0 Å². The van der Waals surface area contributed by atoms with Crippen LogP contribution < -0.4 is 0 Å². The molecule has 0 aliphatic carbocycles. The molecule has 4 heterocycles. The molecule has 4 fully saturated rings. The van der Waals surface area contributed by atoms with Crippen LogP contribution in [0.25, 0.3) is 0 Å². The quantitative estimate of drug-likeness (QED) is 0.0605. The second-order valence-corrected chi connectivity index (χ2v) is 13.6. The average Bonchev–Trinajstić information content (AvgIpc) is 3.20. The summed E-state index contributed by atoms with van der Waals surface area (Å²) in [5.74, 6) is 0. The van der Waals surface area contributed by atoms with Gasteiger partial charge in [0.2, 0.25) is 0 Å². The van der Waals surface area contributed by atoms with Crippen molar-refractivity contribution in [2.45, 2.75) is 147 Å². The first-order chi connectivity index (χ1) is 26.5. The number of aliphatic hydroxyl groups excluding tert-OH is 17. The largest absolute Gasteiger partial charge is 0.394 e. The van der Waals surface area contributed by atoms with Crippen LogP contribution in [0.1, 0.15) is 0 Å². The minimum atomic E-state index is -2.17. The lowest BCUT2D eigenvalue weighted by atomic mass is 9.95. The molecule has 26 heteroatoms. The van der Waals surface area contributed by atoms with Crippen molar-refractivity contribution in [2.75, 3.05) is 33.0 Å². The molecule has 56 heavy (non-hydrogen) atoms. The Kier molecular flexibility index (Phi) is 17.6. The van der Waals surface area contributed by atoms with Crippen molar-refractivity contribution in [1.29, 1.82) is 0 Å². The Hall–Kier alpha value is -1.33. The second kappa shape index (κ2) is 20.8. The number of aldehydes is 1. The Morgan fingerprint density at radius 1 is 0.464 bits per heavy atom. The molecular weight excluding hydrogens is 776 g/mol. The van der Waals surface area contributed by atoms with Crippen molar-refractivity contribution in [3.8, 4) is 0 Å². The van der Waals surface area contributed by atoms with Gasteiger partial charge in [-0.2, -0.15) is 0 Å². The van der Waals surface area contributed by atoms with Crippen molar-refractivity contribution in [2.24, 2.45) is 0 Å². The Morgan fingerprint density at radius 2 is 0.804 bits per heavy atom. The number of hydrogen-bond acceptors (Lipinski definition) is 26. The van der Waals surface area contributed by atoms with Crippen LogP contribution in [0, 0.1) is 0 Å². The summed E-state index contributed by atoms with van der Waals surface area (Å²) in [4.78, 5) is 11.0. The van der Waals surface area contributed by atoms with Crippen molar-refractivity contribution < 1.29 is 130 Å². The molecule has 0 radical (unpaired) electrons. The normalized spacial score (nSPS) is 47.2. The zero-order valence-electron chi connectivity index (χ0n) is 29.2. The molecule has 0 aromatic rings. The van der Waals surface area contributed by atoms with Crippen molar-refractivity contribution in [1.82, 2.24) is 0 Å². The van der Waals surface area contributed by atoms with E-state index in [0.29, 0.717) is 0 Å². The number of hydrogen-bond donors (Lipinski definition) is 17. The minimum absolute atomic E-state index is 0.112. The molecule has 0 saturated carbocycles. The van der Waals surface area contributed by atoms with E-state index in [9.17, 15) is 91.6 Å². The Morgan fingerprint density at radius 3 is 1.16 bits per heavy atom. The van der Waals surface area contributed by atoms with Gasteiger partial charge in [-0.15, -0.1) is 0 Å². The summed E-state index contributed by atoms with van der Waals surface area (Å²) in [5, 5.41) is 175. The van der Waals surface area contributed by atoms with Gasteiger partial charge in [-0.05, 0) is 0 Å². The van der Waals surface area contributed by atoms with Crippen molar-refractivity contribution >= 4 is 6.29 Å². The van der Waals surface area contributed by atoms with Crippen LogP contribution >= 0.6 is 0 Å². The van der Waals surface area contributed by atoms with E-state index in [1.165, 1.54) is 0 Å². The van der Waals surface area contributed by atoms with Gasteiger partial charge in [0.1, 0.15) is 122 Å². The van der Waals surface area contributed by atoms with E-state index in [1.807, 2.05) is 0 Å². The molecule has 24 atom stereocenters. The van der Waals surface area contributed by atoms with Gasteiger partial charge in [0.15, 0.2) is 31.4 Å². The molecule has 0 aromatic heterocycles. The maximum absolute atomic E-state index is 11.1. The van der Waals surface area contributed by atoms with Gasteiger partial charge in [0.05, 0.1) is 33.0 Å². The molecule has 0 bridgehead atoms. The summed E-state index contributed by atoms with van der Waals surface area (Å²) in [7, 11) is 0. The first-order valence-electron chi connectivity index (χ1n) is 17.4. The van der Waals surface area contributed by atoms with Crippen LogP contribution in [-0.2, 0) is 42.7 Å². The highest BCUT2D eigenvalue weighted by Gasteiger charge is 2.55. The summed E-state index contributed by atoms with van der Waals surface area (Å²) >= 11 is 0. The molecule has 1 unspecified atom stereocenters. The highest BCUT2D eigenvalue weighted by atomic mass is 16.8. The van der Waals surface area contributed by atoms with E-state index < -0.39 is 180 Å². The van der Waals surface area contributed by atoms with Crippen LogP contribution in [0.5, 0.6) is 0 Å². The zero-order valence-corrected chi connectivity index (χ0v) is 29.2. The van der Waals surface area contributed by atoms with Gasteiger partial charge in [-0.3, -0.25) is 0 Å². The first kappa shape index (κ1) is 47.3. The van der Waals surface area contributed by atoms with Crippen LogP contribution in [0.15, 0.2) is 0 Å². The molecule has 4 rings (SSSR count). The van der Waals surface area contributed by atoms with E-state index in [-0.39, 0.29) is 6.29 Å². The maximum atomic E-state index is 11.1. The molecule has 0 spiro atoms. The third kappa shape index (κ3) is 9.99. The lowest BCUT2D eigenvalue weighted by Crippen LogP contribution is -2.67. The van der Waals surface area contributed by atoms with E-state index in [1.54, 1.807) is 0 Å². The van der Waals surface area contributed by atoms with Gasteiger partial charge in [-0.25, -0.2) is 0 Å². The van der Waals surface area contributed by atoms with Gasteiger partial charge in [0, 0.05) is 0 Å². The maximum Gasteiger partial charge on any atom is 0.187 e. The van der Waals surface area contributed by atoms with E-state index >= 15 is 0 Å². The van der Waals surface area contributed by atoms with Gasteiger partial charge in [-0.1, -0.05) is 0 Å². The molecule has 4 saturated heterocycles. The number of carbonyl (C=O) groups excluding carboxylic acids is 1. The SMILES string of the molecule is O=C[C@H](O)[C@@H](O)C(O[C@H]1O[C@H](CO)[C@@H](O[C@H]2O[C@H](CO)[C@@H](O[C@H]3O[C@H](CO)[C@@H](O[C@H]4O[C@H](CO)[C@@H](O)[C@H](O)[C@H]4O)[C@H](O)[C@H]3O)[C@H](O)[C@H]2O)[C@H](O)[C@H]1O)[C@H](O)CO. The highest BCUT2D eigenvalue weighted by Crippen LogP contribution is 2.34. The number of carbonyl (C=O) groups is 1. The topological polar surface area (TPSA) is 435 Å². The van der Waals surface area contributed by atoms with Gasteiger partial charge < -0.3 is 130 Å². The van der Waals surface area contributed by atoms with Crippen molar-refractivity contribution in [3.05, 3.63) is 0 Å².